The molecule has 1 aromatic rings. The number of nitrogens with two attached hydrogens (primary N) is 1. The van der Waals surface area contributed by atoms with E-state index in [4.69, 9.17) is 10.8 Å². The van der Waals surface area contributed by atoms with Crippen LogP contribution < -0.4 is 5.73 Å². The molecule has 3 N–H and O–H groups in total. The first-order valence-electron chi connectivity index (χ1n) is 5.88. The molecule has 0 atom stereocenters. The molecule has 0 saturated heterocycles. The number of hydrogen-bond acceptors (Lipinski definition) is 4. The Hall–Kier alpha value is -1.07. The Morgan fingerprint density at radius 1 is 1.44 bits per heavy atom. The van der Waals surface area contributed by atoms with E-state index in [-0.39, 0.29) is 6.61 Å². The second kappa shape index (κ2) is 7.24. The molecule has 0 saturated carbocycles. The maximum atomic E-state index is 8.91. The highest BCUT2D eigenvalue weighted by Crippen LogP contribution is 1.99. The summed E-state index contributed by atoms with van der Waals surface area (Å²) in [5.74, 6) is 0.570. The fraction of sp³-hybridized carbons (Fsp3) is 0.727. The van der Waals surface area contributed by atoms with E-state index >= 15 is 0 Å². The minimum absolute atomic E-state index is 0.231. The van der Waals surface area contributed by atoms with Gasteiger partial charge in [0.25, 0.3) is 0 Å². The second-order valence-corrected chi connectivity index (χ2v) is 3.92. The van der Waals surface area contributed by atoms with Crippen molar-refractivity contribution >= 4 is 5.82 Å². The predicted octanol–water partition coefficient (Wildman–Crippen LogP) is 0.560. The molecule has 1 rings (SSSR count). The molecular weight excluding hydrogens is 204 g/mol. The van der Waals surface area contributed by atoms with E-state index in [9.17, 15) is 0 Å². The Labute approximate surface area is 96.9 Å². The van der Waals surface area contributed by atoms with Crippen LogP contribution in [0.4, 0.5) is 5.82 Å². The molecule has 0 amide bonds. The fourth-order valence-electron chi connectivity index (χ4n) is 1.75. The summed E-state index contributed by atoms with van der Waals surface area (Å²) in [5.41, 5.74) is 5.53. The molecular formula is C11H22N4O. The zero-order valence-corrected chi connectivity index (χ0v) is 9.97. The SMILES string of the molecule is CCCN(CCO)CCCn1ccc(N)n1. The van der Waals surface area contributed by atoms with Crippen LogP contribution in [0.3, 0.4) is 0 Å². The lowest BCUT2D eigenvalue weighted by molar-refractivity contribution is 0.192. The monoisotopic (exact) mass is 226 g/mol. The number of hydrogen-bond donors (Lipinski definition) is 2. The third-order valence-electron chi connectivity index (χ3n) is 2.48. The van der Waals surface area contributed by atoms with Crippen molar-refractivity contribution in [3.8, 4) is 0 Å². The molecule has 1 heterocycles. The van der Waals surface area contributed by atoms with Crippen LogP contribution in [0, 0.1) is 0 Å². The van der Waals surface area contributed by atoms with Crippen LogP contribution in [-0.2, 0) is 6.54 Å². The van der Waals surface area contributed by atoms with Crippen molar-refractivity contribution in [2.75, 3.05) is 32.0 Å². The summed E-state index contributed by atoms with van der Waals surface area (Å²) in [6.07, 6.45) is 4.04. The van der Waals surface area contributed by atoms with Crippen molar-refractivity contribution in [3.63, 3.8) is 0 Å². The molecule has 0 spiro atoms. The third-order valence-corrected chi connectivity index (χ3v) is 2.48. The van der Waals surface area contributed by atoms with E-state index in [1.54, 1.807) is 6.07 Å². The number of anilines is 1. The molecule has 0 aliphatic heterocycles. The topological polar surface area (TPSA) is 67.3 Å². The number of aromatic nitrogens is 2. The van der Waals surface area contributed by atoms with Crippen LogP contribution in [0.2, 0.25) is 0 Å². The van der Waals surface area contributed by atoms with Gasteiger partial charge in [-0.25, -0.2) is 0 Å². The van der Waals surface area contributed by atoms with Crippen LogP contribution in [0.15, 0.2) is 12.3 Å². The van der Waals surface area contributed by atoms with Gasteiger partial charge in [0, 0.05) is 19.3 Å². The molecule has 0 fully saturated rings. The normalized spacial score (nSPS) is 11.2. The predicted molar refractivity (Wildman–Crippen MR) is 65.1 cm³/mol. The highest BCUT2D eigenvalue weighted by molar-refractivity contribution is 5.23. The minimum Gasteiger partial charge on any atom is -0.395 e. The summed E-state index contributed by atoms with van der Waals surface area (Å²) in [4.78, 5) is 2.27. The van der Waals surface area contributed by atoms with Crippen molar-refractivity contribution in [2.24, 2.45) is 0 Å². The van der Waals surface area contributed by atoms with Gasteiger partial charge in [-0.15, -0.1) is 0 Å². The number of aliphatic hydroxyl groups excluding tert-OH is 1. The lowest BCUT2D eigenvalue weighted by Crippen LogP contribution is -2.29. The van der Waals surface area contributed by atoms with Gasteiger partial charge in [-0.1, -0.05) is 6.92 Å². The molecule has 0 bridgehead atoms. The summed E-state index contributed by atoms with van der Waals surface area (Å²) in [7, 11) is 0. The zero-order valence-electron chi connectivity index (χ0n) is 9.97. The first kappa shape index (κ1) is 13.0. The average Bonchev–Trinajstić information content (AvgIpc) is 2.65. The van der Waals surface area contributed by atoms with Crippen LogP contribution in [0.5, 0.6) is 0 Å². The summed E-state index contributed by atoms with van der Waals surface area (Å²) >= 11 is 0. The molecule has 0 unspecified atom stereocenters. The van der Waals surface area contributed by atoms with Crippen LogP contribution in [0.1, 0.15) is 19.8 Å². The van der Waals surface area contributed by atoms with Crippen molar-refractivity contribution in [3.05, 3.63) is 12.3 Å². The maximum Gasteiger partial charge on any atom is 0.145 e. The van der Waals surface area contributed by atoms with Gasteiger partial charge in [-0.2, -0.15) is 5.10 Å². The van der Waals surface area contributed by atoms with E-state index in [2.05, 4.69) is 16.9 Å². The molecule has 0 aliphatic rings. The van der Waals surface area contributed by atoms with Crippen LogP contribution in [-0.4, -0.2) is 46.0 Å². The van der Waals surface area contributed by atoms with Crippen molar-refractivity contribution in [1.82, 2.24) is 14.7 Å². The van der Waals surface area contributed by atoms with Crippen LogP contribution in [0.25, 0.3) is 0 Å². The van der Waals surface area contributed by atoms with Gasteiger partial charge in [-0.3, -0.25) is 4.68 Å². The van der Waals surface area contributed by atoms with E-state index in [0.29, 0.717) is 5.82 Å². The molecule has 5 nitrogen and oxygen atoms in total. The van der Waals surface area contributed by atoms with Crippen molar-refractivity contribution in [1.29, 1.82) is 0 Å². The van der Waals surface area contributed by atoms with E-state index in [0.717, 1.165) is 39.0 Å². The molecule has 92 valence electrons. The Bertz CT molecular complexity index is 281. The Kier molecular flexibility index (Phi) is 5.88. The highest BCUT2D eigenvalue weighted by atomic mass is 16.3. The smallest absolute Gasteiger partial charge is 0.145 e. The number of nitrogens with zero attached hydrogens (tertiary/aromatic N) is 3. The quantitative estimate of drug-likeness (QED) is 0.679. The summed E-state index contributed by atoms with van der Waals surface area (Å²) in [5, 5.41) is 13.0. The molecule has 5 heteroatoms. The number of nitrogen functional groups attached to an aromatic ring is 1. The lowest BCUT2D eigenvalue weighted by atomic mass is 10.3. The zero-order chi connectivity index (χ0) is 11.8. The highest BCUT2D eigenvalue weighted by Gasteiger charge is 2.02. The standard InChI is InChI=1S/C11H22N4O/c1-2-5-14(9-10-16)6-3-7-15-8-4-11(12)13-15/h4,8,16H,2-3,5-7,9-10H2,1H3,(H2,12,13). The Morgan fingerprint density at radius 2 is 2.25 bits per heavy atom. The molecule has 0 aromatic carbocycles. The Balaban J connectivity index is 2.21. The molecule has 1 aromatic heterocycles. The van der Waals surface area contributed by atoms with Crippen molar-refractivity contribution < 1.29 is 5.11 Å². The Morgan fingerprint density at radius 3 is 2.81 bits per heavy atom. The first-order chi connectivity index (χ1) is 7.76. The van der Waals surface area contributed by atoms with Crippen molar-refractivity contribution in [2.45, 2.75) is 26.3 Å². The van der Waals surface area contributed by atoms with Gasteiger partial charge >= 0.3 is 0 Å². The third kappa shape index (κ3) is 4.63. The minimum atomic E-state index is 0.231. The van der Waals surface area contributed by atoms with Gasteiger partial charge in [-0.05, 0) is 32.0 Å². The van der Waals surface area contributed by atoms with Crippen LogP contribution >= 0.6 is 0 Å². The van der Waals surface area contributed by atoms with E-state index < -0.39 is 0 Å². The lowest BCUT2D eigenvalue weighted by Gasteiger charge is -2.20. The molecule has 0 radical (unpaired) electrons. The maximum absolute atomic E-state index is 8.91. The summed E-state index contributed by atoms with van der Waals surface area (Å²) < 4.78 is 1.86. The number of rotatable bonds is 8. The second-order valence-electron chi connectivity index (χ2n) is 3.92. The van der Waals surface area contributed by atoms with E-state index in [1.165, 1.54) is 0 Å². The van der Waals surface area contributed by atoms with Gasteiger partial charge in [0.1, 0.15) is 5.82 Å². The summed E-state index contributed by atoms with van der Waals surface area (Å²) in [6, 6.07) is 1.80. The average molecular weight is 226 g/mol. The number of aliphatic hydroxyl groups is 1. The molecule has 16 heavy (non-hydrogen) atoms. The van der Waals surface area contributed by atoms with Gasteiger partial charge in [0.15, 0.2) is 0 Å². The van der Waals surface area contributed by atoms with Gasteiger partial charge in [0.2, 0.25) is 0 Å². The summed E-state index contributed by atoms with van der Waals surface area (Å²) in [6.45, 7) is 6.06. The largest absolute Gasteiger partial charge is 0.395 e. The van der Waals surface area contributed by atoms with Gasteiger partial charge in [0.05, 0.1) is 6.61 Å². The van der Waals surface area contributed by atoms with E-state index in [1.807, 2.05) is 10.9 Å². The molecule has 0 aliphatic carbocycles. The fourth-order valence-corrected chi connectivity index (χ4v) is 1.75. The van der Waals surface area contributed by atoms with Gasteiger partial charge < -0.3 is 15.7 Å². The first-order valence-corrected chi connectivity index (χ1v) is 5.88. The number of aryl methyl sites for hydroxylation is 1.